The van der Waals surface area contributed by atoms with Crippen molar-refractivity contribution in [1.82, 2.24) is 9.97 Å². The van der Waals surface area contributed by atoms with E-state index in [0.29, 0.717) is 0 Å². The SMILES string of the molecule is COc1cccc(CCNc2cc(NCCc3ccc(Cl)cc3)nc(C)n2)c1. The number of hydrogen-bond donors (Lipinski definition) is 2. The quantitative estimate of drug-likeness (QED) is 0.546. The molecule has 0 aliphatic heterocycles. The summed E-state index contributed by atoms with van der Waals surface area (Å²) in [7, 11) is 1.68. The second-order valence-electron chi connectivity index (χ2n) is 6.52. The van der Waals surface area contributed by atoms with Gasteiger partial charge in [0.2, 0.25) is 0 Å². The van der Waals surface area contributed by atoms with Gasteiger partial charge in [-0.05, 0) is 55.2 Å². The van der Waals surface area contributed by atoms with E-state index in [1.165, 1.54) is 11.1 Å². The van der Waals surface area contributed by atoms with Crippen molar-refractivity contribution in [3.63, 3.8) is 0 Å². The fourth-order valence-electron chi connectivity index (χ4n) is 2.90. The molecule has 0 bridgehead atoms. The van der Waals surface area contributed by atoms with Crippen molar-refractivity contribution in [2.24, 2.45) is 0 Å². The Balaban J connectivity index is 1.51. The molecule has 0 unspecified atom stereocenters. The Morgan fingerprint density at radius 1 is 0.857 bits per heavy atom. The summed E-state index contributed by atoms with van der Waals surface area (Å²) in [6.45, 7) is 3.48. The topological polar surface area (TPSA) is 59.1 Å². The second-order valence-corrected chi connectivity index (χ2v) is 6.95. The van der Waals surface area contributed by atoms with Gasteiger partial charge in [-0.25, -0.2) is 9.97 Å². The first kappa shape index (κ1) is 20.0. The molecule has 6 heteroatoms. The first-order valence-electron chi connectivity index (χ1n) is 9.33. The molecule has 28 heavy (non-hydrogen) atoms. The summed E-state index contributed by atoms with van der Waals surface area (Å²) in [5.41, 5.74) is 2.46. The number of methoxy groups -OCH3 is 1. The predicted molar refractivity (Wildman–Crippen MR) is 116 cm³/mol. The zero-order valence-electron chi connectivity index (χ0n) is 16.2. The molecule has 1 heterocycles. The van der Waals surface area contributed by atoms with Crippen LogP contribution in [0.15, 0.2) is 54.6 Å². The highest BCUT2D eigenvalue weighted by Crippen LogP contribution is 2.15. The molecule has 2 aromatic carbocycles. The average Bonchev–Trinajstić information content (AvgIpc) is 2.69. The minimum Gasteiger partial charge on any atom is -0.497 e. The standard InChI is InChI=1S/C22H25ClN4O/c1-16-26-21(24-12-10-17-6-8-19(23)9-7-17)15-22(27-16)25-13-11-18-4-3-5-20(14-18)28-2/h3-9,14-15H,10-13H2,1-2H3,(H2,24,25,26,27). The van der Waals surface area contributed by atoms with E-state index in [1.54, 1.807) is 7.11 Å². The van der Waals surface area contributed by atoms with Crippen LogP contribution in [0.5, 0.6) is 5.75 Å². The minimum absolute atomic E-state index is 0.736. The van der Waals surface area contributed by atoms with Gasteiger partial charge in [-0.15, -0.1) is 0 Å². The number of hydrogen-bond acceptors (Lipinski definition) is 5. The second kappa shape index (κ2) is 9.95. The summed E-state index contributed by atoms with van der Waals surface area (Å²) in [5, 5.41) is 7.51. The Labute approximate surface area is 171 Å². The number of rotatable bonds is 9. The van der Waals surface area contributed by atoms with Crippen molar-refractivity contribution < 1.29 is 4.74 Å². The lowest BCUT2D eigenvalue weighted by Gasteiger charge is -2.11. The first-order valence-corrected chi connectivity index (χ1v) is 9.71. The molecule has 1 aromatic heterocycles. The number of benzene rings is 2. The zero-order valence-corrected chi connectivity index (χ0v) is 17.0. The lowest BCUT2D eigenvalue weighted by molar-refractivity contribution is 0.414. The van der Waals surface area contributed by atoms with E-state index in [4.69, 9.17) is 16.3 Å². The molecule has 0 aliphatic rings. The molecule has 5 nitrogen and oxygen atoms in total. The molecule has 0 fully saturated rings. The summed E-state index contributed by atoms with van der Waals surface area (Å²) in [4.78, 5) is 8.94. The molecule has 0 spiro atoms. The molecule has 0 aliphatic carbocycles. The molecular formula is C22H25ClN4O. The van der Waals surface area contributed by atoms with Gasteiger partial charge in [0.05, 0.1) is 7.11 Å². The van der Waals surface area contributed by atoms with Crippen LogP contribution in [0.3, 0.4) is 0 Å². The van der Waals surface area contributed by atoms with Gasteiger partial charge in [-0.3, -0.25) is 0 Å². The summed E-state index contributed by atoms with van der Waals surface area (Å²) in [5.74, 6) is 3.26. The van der Waals surface area contributed by atoms with Crippen LogP contribution in [0, 0.1) is 6.92 Å². The van der Waals surface area contributed by atoms with Gasteiger partial charge in [-0.2, -0.15) is 0 Å². The van der Waals surface area contributed by atoms with Crippen LogP contribution in [-0.2, 0) is 12.8 Å². The molecule has 3 aromatic rings. The Kier molecular flexibility index (Phi) is 7.09. The zero-order chi connectivity index (χ0) is 19.8. The van der Waals surface area contributed by atoms with Crippen molar-refractivity contribution in [3.05, 3.63) is 76.6 Å². The van der Waals surface area contributed by atoms with Gasteiger partial charge in [0, 0.05) is 24.2 Å². The van der Waals surface area contributed by atoms with Gasteiger partial charge in [-0.1, -0.05) is 35.9 Å². The largest absolute Gasteiger partial charge is 0.497 e. The van der Waals surface area contributed by atoms with Crippen LogP contribution >= 0.6 is 11.6 Å². The highest BCUT2D eigenvalue weighted by atomic mass is 35.5. The van der Waals surface area contributed by atoms with Crippen molar-refractivity contribution >= 4 is 23.2 Å². The van der Waals surface area contributed by atoms with E-state index in [1.807, 2.05) is 49.4 Å². The van der Waals surface area contributed by atoms with Crippen molar-refractivity contribution in [2.45, 2.75) is 19.8 Å². The number of aromatic nitrogens is 2. The maximum absolute atomic E-state index is 5.93. The summed E-state index contributed by atoms with van der Waals surface area (Å²) >= 11 is 5.93. The van der Waals surface area contributed by atoms with Gasteiger partial charge in [0.15, 0.2) is 0 Å². The molecule has 0 amide bonds. The van der Waals surface area contributed by atoms with E-state index in [-0.39, 0.29) is 0 Å². The minimum atomic E-state index is 0.736. The number of nitrogens with zero attached hydrogens (tertiary/aromatic N) is 2. The summed E-state index contributed by atoms with van der Waals surface area (Å²) < 4.78 is 5.27. The van der Waals surface area contributed by atoms with Crippen LogP contribution in [0.2, 0.25) is 5.02 Å². The third kappa shape index (κ3) is 6.13. The van der Waals surface area contributed by atoms with Gasteiger partial charge in [0.25, 0.3) is 0 Å². The fraction of sp³-hybridized carbons (Fsp3) is 0.273. The molecule has 0 saturated carbocycles. The van der Waals surface area contributed by atoms with Gasteiger partial charge >= 0.3 is 0 Å². The molecule has 0 radical (unpaired) electrons. The third-order valence-electron chi connectivity index (χ3n) is 4.32. The van der Waals surface area contributed by atoms with E-state index >= 15 is 0 Å². The summed E-state index contributed by atoms with van der Waals surface area (Å²) in [6.07, 6.45) is 1.79. The fourth-order valence-corrected chi connectivity index (χ4v) is 3.02. The number of nitrogens with one attached hydrogen (secondary N) is 2. The first-order chi connectivity index (χ1) is 13.6. The Morgan fingerprint density at radius 3 is 2.14 bits per heavy atom. The highest BCUT2D eigenvalue weighted by Gasteiger charge is 2.03. The van der Waals surface area contributed by atoms with E-state index in [9.17, 15) is 0 Å². The van der Waals surface area contributed by atoms with Crippen LogP contribution in [0.1, 0.15) is 17.0 Å². The maximum Gasteiger partial charge on any atom is 0.131 e. The van der Waals surface area contributed by atoms with E-state index in [0.717, 1.165) is 54.2 Å². The normalized spacial score (nSPS) is 10.5. The molecule has 0 atom stereocenters. The summed E-state index contributed by atoms with van der Waals surface area (Å²) in [6, 6.07) is 18.0. The van der Waals surface area contributed by atoms with Crippen molar-refractivity contribution in [1.29, 1.82) is 0 Å². The predicted octanol–water partition coefficient (Wildman–Crippen LogP) is 4.76. The van der Waals surface area contributed by atoms with Gasteiger partial charge < -0.3 is 15.4 Å². The number of halogens is 1. The molecule has 0 saturated heterocycles. The van der Waals surface area contributed by atoms with E-state index in [2.05, 4.69) is 32.7 Å². The number of ether oxygens (including phenoxy) is 1. The number of aryl methyl sites for hydroxylation is 1. The number of anilines is 2. The van der Waals surface area contributed by atoms with Crippen molar-refractivity contribution in [3.8, 4) is 5.75 Å². The Morgan fingerprint density at radius 2 is 1.50 bits per heavy atom. The highest BCUT2D eigenvalue weighted by molar-refractivity contribution is 6.30. The lowest BCUT2D eigenvalue weighted by Crippen LogP contribution is -2.11. The van der Waals surface area contributed by atoms with Crippen LogP contribution in [0.25, 0.3) is 0 Å². The van der Waals surface area contributed by atoms with Crippen molar-refractivity contribution in [2.75, 3.05) is 30.8 Å². The smallest absolute Gasteiger partial charge is 0.131 e. The van der Waals surface area contributed by atoms with Crippen LogP contribution in [-0.4, -0.2) is 30.2 Å². The Hall–Kier alpha value is -2.79. The Bertz CT molecular complexity index is 899. The lowest BCUT2D eigenvalue weighted by atomic mass is 10.1. The molecule has 2 N–H and O–H groups in total. The molecule has 3 rings (SSSR count). The van der Waals surface area contributed by atoms with Crippen LogP contribution in [0.4, 0.5) is 11.6 Å². The monoisotopic (exact) mass is 396 g/mol. The maximum atomic E-state index is 5.93. The molecule has 146 valence electrons. The average molecular weight is 397 g/mol. The van der Waals surface area contributed by atoms with Gasteiger partial charge in [0.1, 0.15) is 23.2 Å². The third-order valence-corrected chi connectivity index (χ3v) is 4.58. The van der Waals surface area contributed by atoms with E-state index < -0.39 is 0 Å². The molecular weight excluding hydrogens is 372 g/mol. The van der Waals surface area contributed by atoms with Crippen LogP contribution < -0.4 is 15.4 Å².